The van der Waals surface area contributed by atoms with Crippen LogP contribution in [-0.4, -0.2) is 72.7 Å². The first-order valence-corrected chi connectivity index (χ1v) is 12.3. The van der Waals surface area contributed by atoms with Crippen LogP contribution in [0, 0.1) is 16.7 Å². The zero-order chi connectivity index (χ0) is 24.8. The van der Waals surface area contributed by atoms with Crippen LogP contribution in [-0.2, 0) is 9.53 Å². The summed E-state index contributed by atoms with van der Waals surface area (Å²) in [6.07, 6.45) is 1.57. The molecule has 1 aromatic carbocycles. The maximum Gasteiger partial charge on any atom is 0.318 e. The molecular formula is C26H39N5O3. The SMILES string of the molecule is CC(c1ccccc1)N(C(=O)C(CC(C)(C)C)NC(=O)N1CCOCC1)C1(C#N)CCNCC1. The number of nitriles is 1. The van der Waals surface area contributed by atoms with Gasteiger partial charge in [0.05, 0.1) is 25.3 Å². The van der Waals surface area contributed by atoms with Crippen LogP contribution in [0.25, 0.3) is 0 Å². The molecule has 2 heterocycles. The number of piperidine rings is 1. The van der Waals surface area contributed by atoms with Crippen LogP contribution in [0.4, 0.5) is 4.79 Å². The fraction of sp³-hybridized carbons (Fsp3) is 0.654. The first-order chi connectivity index (χ1) is 16.2. The predicted octanol–water partition coefficient (Wildman–Crippen LogP) is 3.07. The Morgan fingerprint density at radius 3 is 2.38 bits per heavy atom. The summed E-state index contributed by atoms with van der Waals surface area (Å²) >= 11 is 0. The van der Waals surface area contributed by atoms with Crippen LogP contribution in [0.15, 0.2) is 30.3 Å². The second-order valence-corrected chi connectivity index (χ2v) is 10.6. The Bertz CT molecular complexity index is 865. The topological polar surface area (TPSA) is 97.7 Å². The summed E-state index contributed by atoms with van der Waals surface area (Å²) in [6.45, 7) is 11.5. The van der Waals surface area contributed by atoms with Crippen molar-refractivity contribution in [1.29, 1.82) is 5.26 Å². The molecule has 2 unspecified atom stereocenters. The van der Waals surface area contributed by atoms with Crippen molar-refractivity contribution < 1.29 is 14.3 Å². The van der Waals surface area contributed by atoms with Crippen molar-refractivity contribution >= 4 is 11.9 Å². The molecule has 1 aromatic rings. The van der Waals surface area contributed by atoms with Gasteiger partial charge in [-0.15, -0.1) is 0 Å². The Labute approximate surface area is 203 Å². The molecule has 0 bridgehead atoms. The Kier molecular flexibility index (Phi) is 8.56. The molecular weight excluding hydrogens is 430 g/mol. The van der Waals surface area contributed by atoms with Crippen LogP contribution in [0.2, 0.25) is 0 Å². The third kappa shape index (κ3) is 6.28. The number of urea groups is 1. The Morgan fingerprint density at radius 2 is 1.82 bits per heavy atom. The molecule has 2 atom stereocenters. The van der Waals surface area contributed by atoms with E-state index >= 15 is 0 Å². The predicted molar refractivity (Wildman–Crippen MR) is 131 cm³/mol. The van der Waals surface area contributed by atoms with Gasteiger partial charge < -0.3 is 25.2 Å². The molecule has 0 aromatic heterocycles. The van der Waals surface area contributed by atoms with Crippen LogP contribution >= 0.6 is 0 Å². The van der Waals surface area contributed by atoms with Crippen LogP contribution < -0.4 is 10.6 Å². The second-order valence-electron chi connectivity index (χ2n) is 10.6. The number of ether oxygens (including phenoxy) is 1. The maximum absolute atomic E-state index is 14.3. The molecule has 2 fully saturated rings. The molecule has 2 aliphatic heterocycles. The molecule has 34 heavy (non-hydrogen) atoms. The molecule has 0 aliphatic carbocycles. The van der Waals surface area contributed by atoms with E-state index in [1.807, 2.05) is 37.3 Å². The number of morpholine rings is 1. The molecule has 2 N–H and O–H groups in total. The normalized spacial score (nSPS) is 20.0. The number of benzene rings is 1. The lowest BCUT2D eigenvalue weighted by molar-refractivity contribution is -0.142. The van der Waals surface area contributed by atoms with Crippen molar-refractivity contribution in [3.8, 4) is 6.07 Å². The molecule has 8 nitrogen and oxygen atoms in total. The number of carbonyl (C=O) groups excluding carboxylic acids is 2. The van der Waals surface area contributed by atoms with Crippen molar-refractivity contribution in [1.82, 2.24) is 20.4 Å². The van der Waals surface area contributed by atoms with Gasteiger partial charge in [-0.1, -0.05) is 51.1 Å². The summed E-state index contributed by atoms with van der Waals surface area (Å²) in [5.74, 6) is -0.198. The largest absolute Gasteiger partial charge is 0.378 e. The molecule has 3 rings (SSSR count). The first-order valence-electron chi connectivity index (χ1n) is 12.3. The van der Waals surface area contributed by atoms with Crippen LogP contribution in [0.5, 0.6) is 0 Å². The van der Waals surface area contributed by atoms with E-state index in [4.69, 9.17) is 4.74 Å². The van der Waals surface area contributed by atoms with Crippen molar-refractivity contribution in [2.45, 2.75) is 64.6 Å². The lowest BCUT2D eigenvalue weighted by Gasteiger charge is -2.47. The lowest BCUT2D eigenvalue weighted by Crippen LogP contribution is -2.62. The van der Waals surface area contributed by atoms with E-state index in [1.54, 1.807) is 9.80 Å². The maximum atomic E-state index is 14.3. The number of carbonyl (C=O) groups is 2. The highest BCUT2D eigenvalue weighted by Crippen LogP contribution is 2.36. The van der Waals surface area contributed by atoms with E-state index in [1.165, 1.54) is 0 Å². The number of nitrogens with one attached hydrogen (secondary N) is 2. The van der Waals surface area contributed by atoms with Crippen LogP contribution in [0.3, 0.4) is 0 Å². The quantitative estimate of drug-likeness (QED) is 0.667. The van der Waals surface area contributed by atoms with E-state index < -0.39 is 11.6 Å². The average molecular weight is 470 g/mol. The Morgan fingerprint density at radius 1 is 1.21 bits per heavy atom. The van der Waals surface area contributed by atoms with Gasteiger partial charge in [-0.25, -0.2) is 4.79 Å². The monoisotopic (exact) mass is 469 g/mol. The number of hydrogen-bond acceptors (Lipinski definition) is 5. The summed E-state index contributed by atoms with van der Waals surface area (Å²) in [7, 11) is 0. The van der Waals surface area contributed by atoms with E-state index in [0.29, 0.717) is 58.7 Å². The molecule has 8 heteroatoms. The second kappa shape index (κ2) is 11.2. The highest BCUT2D eigenvalue weighted by Gasteiger charge is 2.46. The molecule has 3 amide bonds. The van der Waals surface area contributed by atoms with Gasteiger partial charge in [0.2, 0.25) is 5.91 Å². The Balaban J connectivity index is 1.97. The standard InChI is InChI=1S/C26H39N5O3/c1-20(21-8-6-5-7-9-21)31(26(19-27)10-12-28-13-11-26)23(32)22(18-25(2,3)4)29-24(33)30-14-16-34-17-15-30/h5-9,20,22,28H,10-18H2,1-4H3,(H,29,33). The smallest absolute Gasteiger partial charge is 0.318 e. The third-order valence-electron chi connectivity index (χ3n) is 6.72. The zero-order valence-corrected chi connectivity index (χ0v) is 21.0. The van der Waals surface area contributed by atoms with Crippen molar-refractivity contribution in [2.24, 2.45) is 5.41 Å². The fourth-order valence-corrected chi connectivity index (χ4v) is 4.89. The minimum Gasteiger partial charge on any atom is -0.378 e. The van der Waals surface area contributed by atoms with Crippen molar-refractivity contribution in [3.63, 3.8) is 0 Å². The van der Waals surface area contributed by atoms with Gasteiger partial charge in [0, 0.05) is 13.1 Å². The average Bonchev–Trinajstić information content (AvgIpc) is 2.84. The summed E-state index contributed by atoms with van der Waals surface area (Å²) in [6, 6.07) is 11.0. The number of rotatable bonds is 6. The molecule has 186 valence electrons. The van der Waals surface area contributed by atoms with Crippen LogP contribution in [0.1, 0.15) is 58.6 Å². The number of hydrogen-bond donors (Lipinski definition) is 2. The minimum atomic E-state index is -0.933. The molecule has 2 saturated heterocycles. The first kappa shape index (κ1) is 26.0. The lowest BCUT2D eigenvalue weighted by atomic mass is 9.83. The van der Waals surface area contributed by atoms with Gasteiger partial charge >= 0.3 is 6.03 Å². The van der Waals surface area contributed by atoms with Gasteiger partial charge in [0.15, 0.2) is 0 Å². The molecule has 0 spiro atoms. The van der Waals surface area contributed by atoms with Gasteiger partial charge in [-0.2, -0.15) is 5.26 Å². The molecule has 0 radical (unpaired) electrons. The number of nitrogens with zero attached hydrogens (tertiary/aromatic N) is 3. The van der Waals surface area contributed by atoms with E-state index in [9.17, 15) is 14.9 Å². The molecule has 0 saturated carbocycles. The zero-order valence-electron chi connectivity index (χ0n) is 21.0. The van der Waals surface area contributed by atoms with E-state index in [2.05, 4.69) is 37.5 Å². The molecule has 2 aliphatic rings. The fourth-order valence-electron chi connectivity index (χ4n) is 4.89. The van der Waals surface area contributed by atoms with Gasteiger partial charge in [0.1, 0.15) is 11.6 Å². The van der Waals surface area contributed by atoms with Crippen molar-refractivity contribution in [3.05, 3.63) is 35.9 Å². The highest BCUT2D eigenvalue weighted by molar-refractivity contribution is 5.88. The summed E-state index contributed by atoms with van der Waals surface area (Å²) in [5.41, 5.74) is -0.163. The summed E-state index contributed by atoms with van der Waals surface area (Å²) < 4.78 is 5.37. The minimum absolute atomic E-state index is 0.198. The Hall–Kier alpha value is -2.63. The van der Waals surface area contributed by atoms with Gasteiger partial charge in [-0.05, 0) is 50.3 Å². The summed E-state index contributed by atoms with van der Waals surface area (Å²) in [4.78, 5) is 30.9. The van der Waals surface area contributed by atoms with E-state index in [-0.39, 0.29) is 23.4 Å². The van der Waals surface area contributed by atoms with Gasteiger partial charge in [-0.3, -0.25) is 4.79 Å². The third-order valence-corrected chi connectivity index (χ3v) is 6.72. The van der Waals surface area contributed by atoms with Crippen molar-refractivity contribution in [2.75, 3.05) is 39.4 Å². The summed E-state index contributed by atoms with van der Waals surface area (Å²) in [5, 5.41) is 16.7. The van der Waals surface area contributed by atoms with Gasteiger partial charge in [0.25, 0.3) is 0 Å². The van der Waals surface area contributed by atoms with E-state index in [0.717, 1.165) is 5.56 Å². The number of amides is 3. The highest BCUT2D eigenvalue weighted by atomic mass is 16.5.